The van der Waals surface area contributed by atoms with Crippen LogP contribution < -0.4 is 0 Å². The van der Waals surface area contributed by atoms with E-state index in [-0.39, 0.29) is 22.8 Å². The zero-order valence-corrected chi connectivity index (χ0v) is 20.8. The van der Waals surface area contributed by atoms with Gasteiger partial charge in [0.1, 0.15) is 5.69 Å². The van der Waals surface area contributed by atoms with Gasteiger partial charge in [0, 0.05) is 11.1 Å². The molecule has 0 bridgehead atoms. The summed E-state index contributed by atoms with van der Waals surface area (Å²) in [6, 6.07) is 34.1. The van der Waals surface area contributed by atoms with Gasteiger partial charge in [0.05, 0.1) is 27.2 Å². The van der Waals surface area contributed by atoms with Crippen molar-refractivity contribution < 1.29 is 9.59 Å². The molecule has 0 amide bonds. The molecule has 0 aliphatic heterocycles. The van der Waals surface area contributed by atoms with Gasteiger partial charge in [-0.1, -0.05) is 90.5 Å². The smallest absolute Gasteiger partial charge is 0.242 e. The third-order valence-corrected chi connectivity index (χ3v) is 7.21. The Hall–Kier alpha value is -4.68. The van der Waals surface area contributed by atoms with Gasteiger partial charge in [-0.05, 0) is 31.2 Å². The highest BCUT2D eigenvalue weighted by molar-refractivity contribution is 7.20. The van der Waals surface area contributed by atoms with Crippen molar-refractivity contribution in [2.45, 2.75) is 6.92 Å². The summed E-state index contributed by atoms with van der Waals surface area (Å²) in [4.78, 5) is 32.6. The van der Waals surface area contributed by atoms with Gasteiger partial charge < -0.3 is 0 Å². The van der Waals surface area contributed by atoms with E-state index in [9.17, 15) is 9.59 Å². The van der Waals surface area contributed by atoms with E-state index in [1.807, 2.05) is 104 Å². The Labute approximate surface area is 217 Å². The maximum absolute atomic E-state index is 14.0. The van der Waals surface area contributed by atoms with Gasteiger partial charge in [-0.15, -0.1) is 11.3 Å². The average molecular weight is 500 g/mol. The highest BCUT2D eigenvalue weighted by atomic mass is 32.1. The monoisotopic (exact) mass is 499 g/mol. The highest BCUT2D eigenvalue weighted by Crippen LogP contribution is 2.33. The molecule has 6 heteroatoms. The second-order valence-corrected chi connectivity index (χ2v) is 9.73. The summed E-state index contributed by atoms with van der Waals surface area (Å²) in [6.07, 6.45) is 0. The van der Waals surface area contributed by atoms with Crippen LogP contribution in [-0.2, 0) is 0 Å². The van der Waals surface area contributed by atoms with Crippen LogP contribution >= 0.6 is 11.3 Å². The van der Waals surface area contributed by atoms with Crippen molar-refractivity contribution in [3.8, 4) is 16.9 Å². The topological polar surface area (TPSA) is 64.8 Å². The van der Waals surface area contributed by atoms with Crippen molar-refractivity contribution in [3.63, 3.8) is 0 Å². The van der Waals surface area contributed by atoms with E-state index in [1.165, 1.54) is 11.3 Å². The molecule has 2 aromatic heterocycles. The van der Waals surface area contributed by atoms with Gasteiger partial charge in [-0.3, -0.25) is 9.59 Å². The Kier molecular flexibility index (Phi) is 5.79. The Balaban J connectivity index is 1.64. The fourth-order valence-electron chi connectivity index (χ4n) is 4.33. The Morgan fingerprint density at radius 3 is 2.08 bits per heavy atom. The fraction of sp³-hybridized carbons (Fsp3) is 0.0323. The lowest BCUT2D eigenvalue weighted by Crippen LogP contribution is -2.11. The van der Waals surface area contributed by atoms with Crippen molar-refractivity contribution in [1.82, 2.24) is 14.8 Å². The molecule has 0 spiro atoms. The third-order valence-electron chi connectivity index (χ3n) is 6.18. The molecule has 37 heavy (non-hydrogen) atoms. The molecule has 5 nitrogen and oxygen atoms in total. The minimum atomic E-state index is -0.372. The molecule has 0 saturated heterocycles. The van der Waals surface area contributed by atoms with Crippen LogP contribution in [-0.4, -0.2) is 26.3 Å². The van der Waals surface area contributed by atoms with Gasteiger partial charge in [0.25, 0.3) is 0 Å². The molecule has 0 aliphatic rings. The number of fused-ring (bicyclic) bond motifs is 1. The lowest BCUT2D eigenvalue weighted by Gasteiger charge is -2.10. The van der Waals surface area contributed by atoms with Crippen LogP contribution in [0.1, 0.15) is 37.0 Å². The number of carbonyl (C=O) groups is 2. The molecule has 0 saturated carbocycles. The number of nitrogens with zero attached hydrogens (tertiary/aromatic N) is 3. The third kappa shape index (κ3) is 4.17. The van der Waals surface area contributed by atoms with E-state index in [2.05, 4.69) is 4.98 Å². The highest BCUT2D eigenvalue weighted by Gasteiger charge is 2.31. The summed E-state index contributed by atoms with van der Waals surface area (Å²) < 4.78 is 2.61. The molecular formula is C31H21N3O2S. The van der Waals surface area contributed by atoms with Crippen molar-refractivity contribution in [2.75, 3.05) is 0 Å². The molecule has 4 aromatic carbocycles. The summed E-state index contributed by atoms with van der Waals surface area (Å²) in [7, 11) is 0. The first-order valence-electron chi connectivity index (χ1n) is 11.9. The van der Waals surface area contributed by atoms with Crippen LogP contribution in [0.15, 0.2) is 109 Å². The number of ketones is 2. The van der Waals surface area contributed by atoms with Gasteiger partial charge in [0.15, 0.2) is 10.8 Å². The number of thiazole rings is 1. The molecule has 0 fully saturated rings. The van der Waals surface area contributed by atoms with Gasteiger partial charge >= 0.3 is 0 Å². The van der Waals surface area contributed by atoms with E-state index >= 15 is 0 Å². The number of hydrogen-bond donors (Lipinski definition) is 0. The molecule has 0 atom stereocenters. The minimum absolute atomic E-state index is 0.0901. The first-order valence-corrected chi connectivity index (χ1v) is 12.7. The molecular weight excluding hydrogens is 478 g/mol. The molecule has 0 aliphatic carbocycles. The zero-order chi connectivity index (χ0) is 25.4. The maximum Gasteiger partial charge on any atom is 0.242 e. The number of carbonyl (C=O) groups excluding carboxylic acids is 2. The van der Waals surface area contributed by atoms with Crippen LogP contribution in [0, 0.1) is 6.92 Å². The second-order valence-electron chi connectivity index (χ2n) is 8.70. The lowest BCUT2D eigenvalue weighted by molar-refractivity contribution is 0.100. The van der Waals surface area contributed by atoms with E-state index < -0.39 is 0 Å². The standard InChI is InChI=1S/C31H21N3O2S/c1-20-16-18-23(19-17-20)34-28(21-10-4-2-5-11-21)26(29(35)22-12-6-3-7-13-22)27(33-34)30(36)31-32-24-14-8-9-15-25(24)37-31/h2-19H,1H3. The van der Waals surface area contributed by atoms with Crippen LogP contribution in [0.3, 0.4) is 0 Å². The lowest BCUT2D eigenvalue weighted by atomic mass is 9.96. The first kappa shape index (κ1) is 22.8. The predicted octanol–water partition coefficient (Wildman–Crippen LogP) is 6.92. The van der Waals surface area contributed by atoms with E-state index in [0.29, 0.717) is 16.3 Å². The summed E-state index contributed by atoms with van der Waals surface area (Å²) >= 11 is 1.30. The van der Waals surface area contributed by atoms with Crippen molar-refractivity contribution >= 4 is 33.1 Å². The SMILES string of the molecule is Cc1ccc(-n2nc(C(=O)c3nc4ccccc4s3)c(C(=O)c3ccccc3)c2-c2ccccc2)cc1. The van der Waals surface area contributed by atoms with Crippen molar-refractivity contribution in [2.24, 2.45) is 0 Å². The molecule has 2 heterocycles. The van der Waals surface area contributed by atoms with Crippen LogP contribution in [0.4, 0.5) is 0 Å². The number of para-hydroxylation sites is 1. The van der Waals surface area contributed by atoms with Crippen LogP contribution in [0.25, 0.3) is 27.2 Å². The van der Waals surface area contributed by atoms with Gasteiger partial charge in [0.2, 0.25) is 5.78 Å². The number of benzene rings is 4. The molecule has 178 valence electrons. The number of hydrogen-bond acceptors (Lipinski definition) is 5. The fourth-order valence-corrected chi connectivity index (χ4v) is 5.24. The Bertz CT molecular complexity index is 1720. The molecule has 0 N–H and O–H groups in total. The van der Waals surface area contributed by atoms with E-state index in [4.69, 9.17) is 5.10 Å². The van der Waals surface area contributed by atoms with Crippen LogP contribution in [0.5, 0.6) is 0 Å². The number of aryl methyl sites for hydroxylation is 1. The number of aromatic nitrogens is 3. The quantitative estimate of drug-likeness (QED) is 0.233. The normalized spacial score (nSPS) is 11.1. The Morgan fingerprint density at radius 1 is 0.730 bits per heavy atom. The largest absolute Gasteiger partial charge is 0.288 e. The summed E-state index contributed by atoms with van der Waals surface area (Å²) in [6.45, 7) is 2.01. The zero-order valence-electron chi connectivity index (χ0n) is 20.0. The second kappa shape index (κ2) is 9.41. The van der Waals surface area contributed by atoms with Gasteiger partial charge in [-0.25, -0.2) is 9.67 Å². The van der Waals surface area contributed by atoms with E-state index in [0.717, 1.165) is 27.0 Å². The maximum atomic E-state index is 14.0. The first-order chi connectivity index (χ1) is 18.1. The summed E-state index contributed by atoms with van der Waals surface area (Å²) in [5.41, 5.74) is 4.81. The molecule has 6 aromatic rings. The molecule has 6 rings (SSSR count). The van der Waals surface area contributed by atoms with Crippen molar-refractivity contribution in [3.05, 3.63) is 137 Å². The van der Waals surface area contributed by atoms with Crippen molar-refractivity contribution in [1.29, 1.82) is 0 Å². The minimum Gasteiger partial charge on any atom is -0.288 e. The molecule has 0 unspecified atom stereocenters. The average Bonchev–Trinajstić information content (AvgIpc) is 3.56. The van der Waals surface area contributed by atoms with Crippen LogP contribution in [0.2, 0.25) is 0 Å². The summed E-state index contributed by atoms with van der Waals surface area (Å²) in [5, 5.41) is 5.09. The number of rotatable bonds is 6. The predicted molar refractivity (Wildman–Crippen MR) is 147 cm³/mol. The van der Waals surface area contributed by atoms with Gasteiger partial charge in [-0.2, -0.15) is 5.10 Å². The van der Waals surface area contributed by atoms with E-state index in [1.54, 1.807) is 16.8 Å². The Morgan fingerprint density at radius 2 is 1.38 bits per heavy atom. The molecule has 0 radical (unpaired) electrons. The summed E-state index contributed by atoms with van der Waals surface area (Å²) in [5.74, 6) is -0.634.